The first-order chi connectivity index (χ1) is 10.4. The quantitative estimate of drug-likeness (QED) is 0.855. The third kappa shape index (κ3) is 2.52. The zero-order valence-electron chi connectivity index (χ0n) is 12.8. The number of aryl methyl sites for hydroxylation is 1. The van der Waals surface area contributed by atoms with Crippen LogP contribution in [0.15, 0.2) is 30.5 Å². The average molecular weight is 320 g/mol. The highest BCUT2D eigenvalue weighted by atomic mass is 32.2. The van der Waals surface area contributed by atoms with Crippen molar-refractivity contribution in [3.8, 4) is 0 Å². The maximum absolute atomic E-state index is 12.3. The van der Waals surface area contributed by atoms with Gasteiger partial charge in [-0.3, -0.25) is 4.79 Å². The van der Waals surface area contributed by atoms with Crippen molar-refractivity contribution in [2.24, 2.45) is 7.05 Å². The molecule has 1 aliphatic rings. The molecule has 0 N–H and O–H groups in total. The molecule has 0 unspecified atom stereocenters. The molecule has 1 aliphatic heterocycles. The molecule has 0 saturated carbocycles. The van der Waals surface area contributed by atoms with E-state index in [0.717, 1.165) is 16.5 Å². The Morgan fingerprint density at radius 1 is 1.27 bits per heavy atom. The van der Waals surface area contributed by atoms with Crippen LogP contribution in [0.25, 0.3) is 10.9 Å². The van der Waals surface area contributed by atoms with Crippen LogP contribution in [0.4, 0.5) is 0 Å². The van der Waals surface area contributed by atoms with E-state index in [1.807, 2.05) is 42.1 Å². The predicted octanol–water partition coefficient (Wildman–Crippen LogP) is 1.37. The lowest BCUT2D eigenvalue weighted by Crippen LogP contribution is -2.57. The number of amides is 1. The lowest BCUT2D eigenvalue weighted by atomic mass is 10.1. The van der Waals surface area contributed by atoms with E-state index in [-0.39, 0.29) is 16.9 Å². The fraction of sp³-hybridized carbons (Fsp3) is 0.438. The van der Waals surface area contributed by atoms with E-state index in [0.29, 0.717) is 19.5 Å². The van der Waals surface area contributed by atoms with Crippen LogP contribution in [0.5, 0.6) is 0 Å². The van der Waals surface area contributed by atoms with Crippen molar-refractivity contribution in [2.75, 3.05) is 18.8 Å². The van der Waals surface area contributed by atoms with Gasteiger partial charge in [0.1, 0.15) is 0 Å². The number of benzene rings is 1. The maximum atomic E-state index is 12.3. The first kappa shape index (κ1) is 15.1. The number of para-hydroxylation sites is 1. The van der Waals surface area contributed by atoms with Gasteiger partial charge in [0.05, 0.1) is 11.7 Å². The Bertz CT molecular complexity index is 817. The normalized spacial score (nSPS) is 16.0. The van der Waals surface area contributed by atoms with Gasteiger partial charge in [0.25, 0.3) is 0 Å². The fourth-order valence-electron chi connectivity index (χ4n) is 2.95. The van der Waals surface area contributed by atoms with Crippen LogP contribution in [0.3, 0.4) is 0 Å². The summed E-state index contributed by atoms with van der Waals surface area (Å²) in [4.78, 5) is 14.0. The molecule has 6 heteroatoms. The Labute approximate surface area is 130 Å². The minimum absolute atomic E-state index is 0.00101. The zero-order chi connectivity index (χ0) is 15.9. The van der Waals surface area contributed by atoms with E-state index in [4.69, 9.17) is 0 Å². The number of likely N-dealkylation sites (tertiary alicyclic amines) is 1. The number of nitrogens with zero attached hydrogens (tertiary/aromatic N) is 2. The van der Waals surface area contributed by atoms with E-state index in [1.54, 1.807) is 11.8 Å². The summed E-state index contributed by atoms with van der Waals surface area (Å²) >= 11 is 0. The average Bonchev–Trinajstić information content (AvgIpc) is 2.74. The maximum Gasteiger partial charge on any atom is 0.227 e. The number of carbonyl (C=O) groups excluding carboxylic acids is 1. The van der Waals surface area contributed by atoms with Crippen LogP contribution >= 0.6 is 0 Å². The molecule has 1 aromatic heterocycles. The number of fused-ring (bicyclic) bond motifs is 1. The first-order valence-corrected chi connectivity index (χ1v) is 9.16. The van der Waals surface area contributed by atoms with Crippen molar-refractivity contribution < 1.29 is 13.2 Å². The van der Waals surface area contributed by atoms with E-state index >= 15 is 0 Å². The van der Waals surface area contributed by atoms with Crippen LogP contribution in [0.2, 0.25) is 0 Å². The molecule has 118 valence electrons. The monoisotopic (exact) mass is 320 g/mol. The third-order valence-corrected chi connectivity index (χ3v) is 6.55. The zero-order valence-corrected chi connectivity index (χ0v) is 13.6. The van der Waals surface area contributed by atoms with Crippen LogP contribution in [0, 0.1) is 0 Å². The van der Waals surface area contributed by atoms with Crippen LogP contribution in [0.1, 0.15) is 12.5 Å². The topological polar surface area (TPSA) is 59.4 Å². The molecule has 22 heavy (non-hydrogen) atoms. The lowest BCUT2D eigenvalue weighted by molar-refractivity contribution is -0.133. The van der Waals surface area contributed by atoms with Gasteiger partial charge in [0.2, 0.25) is 5.91 Å². The fourth-order valence-corrected chi connectivity index (χ4v) is 4.23. The molecule has 1 saturated heterocycles. The highest BCUT2D eigenvalue weighted by molar-refractivity contribution is 7.92. The van der Waals surface area contributed by atoms with Crippen molar-refractivity contribution in [1.29, 1.82) is 0 Å². The minimum Gasteiger partial charge on any atom is -0.350 e. The van der Waals surface area contributed by atoms with Gasteiger partial charge in [0, 0.05) is 43.0 Å². The second kappa shape index (κ2) is 5.43. The SMILES string of the molecule is CCS(=O)(=O)C1CN(C(=O)Cc2cn(C)c3ccccc23)C1. The first-order valence-electron chi connectivity index (χ1n) is 7.44. The predicted molar refractivity (Wildman–Crippen MR) is 86.5 cm³/mol. The molecule has 2 heterocycles. The molecule has 0 aliphatic carbocycles. The largest absolute Gasteiger partial charge is 0.350 e. The van der Waals surface area contributed by atoms with Gasteiger partial charge in [-0.25, -0.2) is 8.42 Å². The van der Waals surface area contributed by atoms with Gasteiger partial charge in [-0.15, -0.1) is 0 Å². The molecule has 0 spiro atoms. The van der Waals surface area contributed by atoms with Crippen molar-refractivity contribution in [2.45, 2.75) is 18.6 Å². The Morgan fingerprint density at radius 3 is 2.64 bits per heavy atom. The second-order valence-corrected chi connectivity index (χ2v) is 8.40. The number of hydrogen-bond acceptors (Lipinski definition) is 3. The molecule has 3 rings (SSSR count). The smallest absolute Gasteiger partial charge is 0.227 e. The summed E-state index contributed by atoms with van der Waals surface area (Å²) in [5.41, 5.74) is 2.09. The van der Waals surface area contributed by atoms with Gasteiger partial charge in [0.15, 0.2) is 9.84 Å². The standard InChI is InChI=1S/C16H20N2O3S/c1-3-22(20,21)13-10-18(11-13)16(19)8-12-9-17(2)15-7-5-4-6-14(12)15/h4-7,9,13H,3,8,10-11H2,1-2H3. The molecular weight excluding hydrogens is 300 g/mol. The Hall–Kier alpha value is -1.82. The number of hydrogen-bond donors (Lipinski definition) is 0. The summed E-state index contributed by atoms with van der Waals surface area (Å²) in [6.07, 6.45) is 2.29. The molecule has 2 aromatic rings. The molecule has 0 atom stereocenters. The van der Waals surface area contributed by atoms with Crippen molar-refractivity contribution in [1.82, 2.24) is 9.47 Å². The summed E-state index contributed by atoms with van der Waals surface area (Å²) in [7, 11) is -1.07. The van der Waals surface area contributed by atoms with Crippen molar-refractivity contribution in [3.05, 3.63) is 36.0 Å². The number of aromatic nitrogens is 1. The van der Waals surface area contributed by atoms with Gasteiger partial charge < -0.3 is 9.47 Å². The molecule has 0 bridgehead atoms. The van der Waals surface area contributed by atoms with Crippen LogP contribution < -0.4 is 0 Å². The summed E-state index contributed by atoms with van der Waals surface area (Å²) < 4.78 is 25.5. The summed E-state index contributed by atoms with van der Waals surface area (Å²) in [6.45, 7) is 2.31. The van der Waals surface area contributed by atoms with Gasteiger partial charge in [-0.1, -0.05) is 25.1 Å². The Kier molecular flexibility index (Phi) is 3.72. The molecule has 0 radical (unpaired) electrons. The van der Waals surface area contributed by atoms with Crippen LogP contribution in [-0.2, 0) is 28.1 Å². The lowest BCUT2D eigenvalue weighted by Gasteiger charge is -2.38. The number of carbonyl (C=O) groups is 1. The van der Waals surface area contributed by atoms with E-state index < -0.39 is 9.84 Å². The highest BCUT2D eigenvalue weighted by Gasteiger charge is 2.38. The molecule has 1 amide bonds. The molecular formula is C16H20N2O3S. The Balaban J connectivity index is 1.71. The van der Waals surface area contributed by atoms with Gasteiger partial charge in [-0.2, -0.15) is 0 Å². The Morgan fingerprint density at radius 2 is 1.95 bits per heavy atom. The number of sulfone groups is 1. The van der Waals surface area contributed by atoms with Crippen molar-refractivity contribution >= 4 is 26.6 Å². The minimum atomic E-state index is -3.03. The third-order valence-electron chi connectivity index (χ3n) is 4.43. The van der Waals surface area contributed by atoms with E-state index in [2.05, 4.69) is 0 Å². The molecule has 1 aromatic carbocycles. The van der Waals surface area contributed by atoms with Crippen LogP contribution in [-0.4, -0.2) is 47.9 Å². The van der Waals surface area contributed by atoms with Gasteiger partial charge in [-0.05, 0) is 11.6 Å². The van der Waals surface area contributed by atoms with E-state index in [9.17, 15) is 13.2 Å². The number of rotatable bonds is 4. The molecule has 5 nitrogen and oxygen atoms in total. The van der Waals surface area contributed by atoms with Crippen molar-refractivity contribution in [3.63, 3.8) is 0 Å². The summed E-state index contributed by atoms with van der Waals surface area (Å²) in [5, 5.41) is 0.700. The summed E-state index contributed by atoms with van der Waals surface area (Å²) in [6, 6.07) is 7.97. The second-order valence-electron chi connectivity index (χ2n) is 5.83. The molecule has 1 fully saturated rings. The van der Waals surface area contributed by atoms with E-state index in [1.165, 1.54) is 0 Å². The van der Waals surface area contributed by atoms with Gasteiger partial charge >= 0.3 is 0 Å². The summed E-state index contributed by atoms with van der Waals surface area (Å²) in [5.74, 6) is 0.141. The highest BCUT2D eigenvalue weighted by Crippen LogP contribution is 2.23.